The highest BCUT2D eigenvalue weighted by Crippen LogP contribution is 2.62. The van der Waals surface area contributed by atoms with Crippen LogP contribution in [0.2, 0.25) is 0 Å². The number of hydrogen-bond donors (Lipinski definition) is 0. The maximum Gasteiger partial charge on any atom is -0.00907 e. The predicted octanol–water partition coefficient (Wildman–Crippen LogP) is 11.8. The second-order valence-electron chi connectivity index (χ2n) is 17.7. The van der Waals surface area contributed by atoms with E-state index in [1.165, 1.54) is 34.8 Å². The van der Waals surface area contributed by atoms with Crippen LogP contribution in [0.4, 0.5) is 0 Å². The van der Waals surface area contributed by atoms with Gasteiger partial charge in [-0.2, -0.15) is 0 Å². The molecule has 0 amide bonds. The molecule has 8 atom stereocenters. The minimum absolute atomic E-state index is 0.165. The fourth-order valence-corrected chi connectivity index (χ4v) is 9.33. The molecule has 0 nitrogen and oxygen atoms in total. The van der Waals surface area contributed by atoms with Crippen molar-refractivity contribution in [3.63, 3.8) is 0 Å². The molecule has 0 aliphatic heterocycles. The van der Waals surface area contributed by atoms with Gasteiger partial charge in [0.15, 0.2) is 0 Å². The van der Waals surface area contributed by atoms with Crippen LogP contribution in [0.25, 0.3) is 10.8 Å². The average molecular weight is 561 g/mol. The van der Waals surface area contributed by atoms with E-state index in [9.17, 15) is 0 Å². The van der Waals surface area contributed by atoms with Gasteiger partial charge < -0.3 is 0 Å². The first kappa shape index (κ1) is 29.7. The Bertz CT molecular complexity index is 1390. The van der Waals surface area contributed by atoms with E-state index in [-0.39, 0.29) is 10.8 Å². The summed E-state index contributed by atoms with van der Waals surface area (Å²) >= 11 is 0. The van der Waals surface area contributed by atoms with E-state index in [0.717, 1.165) is 11.8 Å². The fraction of sp³-hybridized carbons (Fsp3) is 0.571. The minimum atomic E-state index is 0.165. The highest BCUT2D eigenvalue weighted by Gasteiger charge is 2.55. The van der Waals surface area contributed by atoms with Crippen molar-refractivity contribution in [1.82, 2.24) is 0 Å². The summed E-state index contributed by atoms with van der Waals surface area (Å²) in [6.45, 7) is 24.4. The lowest BCUT2D eigenvalue weighted by Crippen LogP contribution is -2.32. The van der Waals surface area contributed by atoms with Gasteiger partial charge in [-0.3, -0.25) is 0 Å². The maximum absolute atomic E-state index is 2.75. The molecule has 6 rings (SSSR count). The Kier molecular flexibility index (Phi) is 7.35. The molecule has 4 aliphatic carbocycles. The zero-order valence-corrected chi connectivity index (χ0v) is 28.1. The Morgan fingerprint density at radius 3 is 1.69 bits per heavy atom. The Hall–Kier alpha value is -2.34. The minimum Gasteiger partial charge on any atom is -0.0799 e. The first-order chi connectivity index (χ1) is 19.6. The maximum atomic E-state index is 2.75. The van der Waals surface area contributed by atoms with Gasteiger partial charge in [0.2, 0.25) is 0 Å². The fourth-order valence-electron chi connectivity index (χ4n) is 9.33. The van der Waals surface area contributed by atoms with Gasteiger partial charge in [0.1, 0.15) is 0 Å². The van der Waals surface area contributed by atoms with E-state index in [1.54, 1.807) is 5.56 Å². The van der Waals surface area contributed by atoms with Crippen LogP contribution in [0.1, 0.15) is 93.6 Å². The number of benzene rings is 2. The molecule has 7 unspecified atom stereocenters. The third-order valence-corrected chi connectivity index (χ3v) is 11.9. The van der Waals surface area contributed by atoms with Crippen molar-refractivity contribution in [3.8, 4) is 0 Å². The molecule has 2 saturated carbocycles. The number of fused-ring (bicyclic) bond motifs is 4. The SMILES string of the molecule is CC1CC(C(C)(C)C)CC1[C@@H](c1ccc2ccccc2c1)C1C2C=C(C(C)(C)C)C=CC2C2C=CC(C(C)(C)C)=CC21. The van der Waals surface area contributed by atoms with Gasteiger partial charge in [-0.25, -0.2) is 0 Å². The molecule has 0 saturated heterocycles. The molecule has 0 radical (unpaired) electrons. The highest BCUT2D eigenvalue weighted by atomic mass is 14.6. The van der Waals surface area contributed by atoms with Crippen LogP contribution in [0, 0.1) is 63.6 Å². The van der Waals surface area contributed by atoms with E-state index in [0.29, 0.717) is 46.8 Å². The summed E-state index contributed by atoms with van der Waals surface area (Å²) in [5.74, 6) is 5.66. The van der Waals surface area contributed by atoms with Crippen molar-refractivity contribution in [2.45, 2.75) is 88.0 Å². The highest BCUT2D eigenvalue weighted by molar-refractivity contribution is 5.83. The van der Waals surface area contributed by atoms with Gasteiger partial charge in [0.05, 0.1) is 0 Å². The van der Waals surface area contributed by atoms with E-state index < -0.39 is 0 Å². The van der Waals surface area contributed by atoms with E-state index >= 15 is 0 Å². The molecule has 2 fully saturated rings. The smallest absolute Gasteiger partial charge is 0.00907 e. The van der Waals surface area contributed by atoms with Gasteiger partial charge in [-0.05, 0) is 110 Å². The lowest BCUT2D eigenvalue weighted by molar-refractivity contribution is 0.195. The molecular formula is C42H56. The van der Waals surface area contributed by atoms with E-state index in [2.05, 4.69) is 148 Å². The van der Waals surface area contributed by atoms with E-state index in [4.69, 9.17) is 0 Å². The van der Waals surface area contributed by atoms with Gasteiger partial charge in [-0.1, -0.05) is 148 Å². The van der Waals surface area contributed by atoms with E-state index in [1.807, 2.05) is 0 Å². The molecule has 2 aromatic carbocycles. The average Bonchev–Trinajstić information content (AvgIpc) is 3.46. The van der Waals surface area contributed by atoms with Crippen LogP contribution in [-0.2, 0) is 0 Å². The Balaban J connectivity index is 1.55. The summed E-state index contributed by atoms with van der Waals surface area (Å²) in [7, 11) is 0. The lowest BCUT2D eigenvalue weighted by atomic mass is 9.64. The van der Waals surface area contributed by atoms with Gasteiger partial charge in [-0.15, -0.1) is 0 Å². The Labute approximate surface area is 257 Å². The monoisotopic (exact) mass is 560 g/mol. The quantitative estimate of drug-likeness (QED) is 0.350. The summed E-state index contributed by atoms with van der Waals surface area (Å²) in [5, 5.41) is 2.76. The van der Waals surface area contributed by atoms with Crippen LogP contribution in [0.3, 0.4) is 0 Å². The third-order valence-electron chi connectivity index (χ3n) is 11.9. The molecule has 0 spiro atoms. The van der Waals surface area contributed by atoms with Crippen LogP contribution >= 0.6 is 0 Å². The molecule has 42 heavy (non-hydrogen) atoms. The summed E-state index contributed by atoms with van der Waals surface area (Å²) in [4.78, 5) is 0. The normalized spacial score (nSPS) is 33.8. The number of hydrogen-bond acceptors (Lipinski definition) is 0. The van der Waals surface area contributed by atoms with Crippen molar-refractivity contribution < 1.29 is 0 Å². The summed E-state index contributed by atoms with van der Waals surface area (Å²) in [6, 6.07) is 16.5. The molecule has 0 bridgehead atoms. The second-order valence-corrected chi connectivity index (χ2v) is 17.7. The standard InChI is InChI=1S/C42H56/c1-26-21-32(42(8,9)10)25-35(26)38(29-16-15-27-13-11-12-14-28(27)22-29)39-36-23-30(40(2,3)4)17-19-33(36)34-20-18-31(24-37(34)39)41(5,6)7/h11-20,22-24,26,32-39H,21,25H2,1-10H3/t26?,32?,33?,34?,35?,36?,37?,38-,39?/m1/s1. The van der Waals surface area contributed by atoms with Gasteiger partial charge in [0, 0.05) is 0 Å². The second kappa shape index (κ2) is 10.4. The van der Waals surface area contributed by atoms with Crippen LogP contribution in [0.15, 0.2) is 90.1 Å². The van der Waals surface area contributed by atoms with Crippen LogP contribution in [-0.4, -0.2) is 0 Å². The van der Waals surface area contributed by atoms with Crippen LogP contribution < -0.4 is 0 Å². The Morgan fingerprint density at radius 1 is 0.643 bits per heavy atom. The molecule has 0 N–H and O–H groups in total. The van der Waals surface area contributed by atoms with Gasteiger partial charge in [0.25, 0.3) is 0 Å². The molecule has 224 valence electrons. The number of rotatable bonds is 3. The summed E-state index contributed by atoms with van der Waals surface area (Å²) in [6.07, 6.45) is 18.4. The van der Waals surface area contributed by atoms with Gasteiger partial charge >= 0.3 is 0 Å². The summed E-state index contributed by atoms with van der Waals surface area (Å²) in [5.41, 5.74) is 5.33. The molecule has 4 aliphatic rings. The zero-order chi connectivity index (χ0) is 30.2. The Morgan fingerprint density at radius 2 is 1.19 bits per heavy atom. The topological polar surface area (TPSA) is 0 Å². The lowest BCUT2D eigenvalue weighted by Gasteiger charge is -2.40. The van der Waals surface area contributed by atoms with Crippen LogP contribution in [0.5, 0.6) is 0 Å². The number of allylic oxidation sites excluding steroid dienone is 8. The first-order valence-electron chi connectivity index (χ1n) is 16.9. The summed E-state index contributed by atoms with van der Waals surface area (Å²) < 4.78 is 0. The van der Waals surface area contributed by atoms with Crippen molar-refractivity contribution in [3.05, 3.63) is 95.6 Å². The molecular weight excluding hydrogens is 504 g/mol. The van der Waals surface area contributed by atoms with Crippen molar-refractivity contribution in [2.24, 2.45) is 63.6 Å². The molecule has 0 heterocycles. The molecule has 2 aromatic rings. The predicted molar refractivity (Wildman–Crippen MR) is 182 cm³/mol. The zero-order valence-electron chi connectivity index (χ0n) is 28.1. The molecule has 0 aromatic heterocycles. The largest absolute Gasteiger partial charge is 0.0799 e. The van der Waals surface area contributed by atoms with Crippen molar-refractivity contribution in [1.29, 1.82) is 0 Å². The van der Waals surface area contributed by atoms with Crippen molar-refractivity contribution >= 4 is 10.8 Å². The third kappa shape index (κ3) is 5.31. The first-order valence-corrected chi connectivity index (χ1v) is 16.9. The molecule has 0 heteroatoms. The van der Waals surface area contributed by atoms with Crippen molar-refractivity contribution in [2.75, 3.05) is 0 Å².